The molecule has 2 nitrogen and oxygen atoms in total. The number of hydrogen-bond acceptors (Lipinski definition) is 2. The molecule has 3 heteroatoms. The minimum absolute atomic E-state index is 0.209. The van der Waals surface area contributed by atoms with Crippen LogP contribution >= 0.6 is 0 Å². The molecule has 2 aromatic rings. The summed E-state index contributed by atoms with van der Waals surface area (Å²) in [5.74, 6) is -0.209. The molecule has 100 valence electrons. The van der Waals surface area contributed by atoms with Crippen molar-refractivity contribution in [3.8, 4) is 0 Å². The standard InChI is InChI=1S/C16H19FN2/c1-12-4-3-5-13(2)16(12)19-11-10-18-15-8-6-14(17)7-9-15/h3-9,18-19H,10-11H2,1-2H3. The molecule has 0 saturated carbocycles. The highest BCUT2D eigenvalue weighted by Gasteiger charge is 2.00. The third-order valence-electron chi connectivity index (χ3n) is 3.08. The van der Waals surface area contributed by atoms with Crippen LogP contribution in [0.15, 0.2) is 42.5 Å². The molecule has 0 aliphatic rings. The molecule has 0 saturated heterocycles. The third-order valence-corrected chi connectivity index (χ3v) is 3.08. The SMILES string of the molecule is Cc1cccc(C)c1NCCNc1ccc(F)cc1. The summed E-state index contributed by atoms with van der Waals surface area (Å²) >= 11 is 0. The lowest BCUT2D eigenvalue weighted by Gasteiger charge is -2.13. The molecule has 0 fully saturated rings. The van der Waals surface area contributed by atoms with Gasteiger partial charge in [-0.15, -0.1) is 0 Å². The highest BCUT2D eigenvalue weighted by atomic mass is 19.1. The van der Waals surface area contributed by atoms with Crippen LogP contribution in [0.2, 0.25) is 0 Å². The fourth-order valence-corrected chi connectivity index (χ4v) is 2.06. The van der Waals surface area contributed by atoms with Crippen LogP contribution in [0.25, 0.3) is 0 Å². The number of para-hydroxylation sites is 1. The molecule has 0 atom stereocenters. The first-order chi connectivity index (χ1) is 9.16. The van der Waals surface area contributed by atoms with Crippen LogP contribution in [0, 0.1) is 19.7 Å². The molecule has 0 aromatic heterocycles. The molecule has 0 amide bonds. The quantitative estimate of drug-likeness (QED) is 0.793. The van der Waals surface area contributed by atoms with Gasteiger partial charge in [0.25, 0.3) is 0 Å². The van der Waals surface area contributed by atoms with Gasteiger partial charge in [0, 0.05) is 24.5 Å². The number of rotatable bonds is 5. The van der Waals surface area contributed by atoms with Crippen LogP contribution in [-0.2, 0) is 0 Å². The number of benzene rings is 2. The van der Waals surface area contributed by atoms with Crippen molar-refractivity contribution in [2.75, 3.05) is 23.7 Å². The van der Waals surface area contributed by atoms with Gasteiger partial charge in [-0.05, 0) is 49.2 Å². The second-order valence-electron chi connectivity index (χ2n) is 4.63. The average molecular weight is 258 g/mol. The Kier molecular flexibility index (Phi) is 4.39. The van der Waals surface area contributed by atoms with Crippen LogP contribution in [-0.4, -0.2) is 13.1 Å². The van der Waals surface area contributed by atoms with Gasteiger partial charge < -0.3 is 10.6 Å². The van der Waals surface area contributed by atoms with Gasteiger partial charge in [-0.3, -0.25) is 0 Å². The molecule has 0 heterocycles. The van der Waals surface area contributed by atoms with E-state index in [-0.39, 0.29) is 5.82 Å². The van der Waals surface area contributed by atoms with E-state index < -0.39 is 0 Å². The maximum atomic E-state index is 12.7. The van der Waals surface area contributed by atoms with Gasteiger partial charge in [-0.1, -0.05) is 18.2 Å². The van der Waals surface area contributed by atoms with Gasteiger partial charge in [-0.2, -0.15) is 0 Å². The van der Waals surface area contributed by atoms with Gasteiger partial charge >= 0.3 is 0 Å². The number of nitrogens with one attached hydrogen (secondary N) is 2. The average Bonchev–Trinajstić information content (AvgIpc) is 2.39. The summed E-state index contributed by atoms with van der Waals surface area (Å²) in [5, 5.41) is 6.68. The number of aryl methyl sites for hydroxylation is 2. The summed E-state index contributed by atoms with van der Waals surface area (Å²) in [5.41, 5.74) is 4.64. The minimum atomic E-state index is -0.209. The van der Waals surface area contributed by atoms with Gasteiger partial charge in [0.05, 0.1) is 0 Å². The lowest BCUT2D eigenvalue weighted by atomic mass is 10.1. The first-order valence-corrected chi connectivity index (χ1v) is 6.46. The van der Waals surface area contributed by atoms with Gasteiger partial charge in [0.15, 0.2) is 0 Å². The Morgan fingerprint density at radius 2 is 1.42 bits per heavy atom. The summed E-state index contributed by atoms with van der Waals surface area (Å²) in [4.78, 5) is 0. The van der Waals surface area contributed by atoms with E-state index in [1.54, 1.807) is 12.1 Å². The van der Waals surface area contributed by atoms with Crippen molar-refractivity contribution in [3.05, 3.63) is 59.4 Å². The Morgan fingerprint density at radius 1 is 0.842 bits per heavy atom. The molecule has 2 aromatic carbocycles. The lowest BCUT2D eigenvalue weighted by molar-refractivity contribution is 0.628. The molecule has 0 spiro atoms. The van der Waals surface area contributed by atoms with Crippen LogP contribution < -0.4 is 10.6 Å². The Bertz CT molecular complexity index is 515. The van der Waals surface area contributed by atoms with E-state index in [0.29, 0.717) is 0 Å². The van der Waals surface area contributed by atoms with Crippen molar-refractivity contribution in [1.29, 1.82) is 0 Å². The van der Waals surface area contributed by atoms with Crippen LogP contribution in [0.1, 0.15) is 11.1 Å². The summed E-state index contributed by atoms with van der Waals surface area (Å²) in [6.45, 7) is 5.81. The van der Waals surface area contributed by atoms with Crippen LogP contribution in [0.3, 0.4) is 0 Å². The maximum absolute atomic E-state index is 12.7. The highest BCUT2D eigenvalue weighted by molar-refractivity contribution is 5.56. The number of halogens is 1. The normalized spacial score (nSPS) is 10.3. The minimum Gasteiger partial charge on any atom is -0.383 e. The monoisotopic (exact) mass is 258 g/mol. The molecular weight excluding hydrogens is 239 g/mol. The van der Waals surface area contributed by atoms with Crippen LogP contribution in [0.5, 0.6) is 0 Å². The molecular formula is C16H19FN2. The summed E-state index contributed by atoms with van der Waals surface area (Å²) in [7, 11) is 0. The highest BCUT2D eigenvalue weighted by Crippen LogP contribution is 2.18. The second kappa shape index (κ2) is 6.23. The van der Waals surface area contributed by atoms with E-state index >= 15 is 0 Å². The van der Waals surface area contributed by atoms with Crippen molar-refractivity contribution in [2.24, 2.45) is 0 Å². The van der Waals surface area contributed by atoms with Crippen molar-refractivity contribution in [1.82, 2.24) is 0 Å². The zero-order chi connectivity index (χ0) is 13.7. The summed E-state index contributed by atoms with van der Waals surface area (Å²) in [6.07, 6.45) is 0. The third kappa shape index (κ3) is 3.71. The van der Waals surface area contributed by atoms with Crippen molar-refractivity contribution < 1.29 is 4.39 Å². The molecule has 0 aliphatic carbocycles. The molecule has 2 rings (SSSR count). The molecule has 0 unspecified atom stereocenters. The van der Waals surface area contributed by atoms with E-state index in [4.69, 9.17) is 0 Å². The zero-order valence-electron chi connectivity index (χ0n) is 11.3. The van der Waals surface area contributed by atoms with E-state index in [9.17, 15) is 4.39 Å². The maximum Gasteiger partial charge on any atom is 0.123 e. The van der Waals surface area contributed by atoms with Gasteiger partial charge in [0.1, 0.15) is 5.82 Å². The molecule has 0 radical (unpaired) electrons. The smallest absolute Gasteiger partial charge is 0.123 e. The topological polar surface area (TPSA) is 24.1 Å². The van der Waals surface area contributed by atoms with E-state index in [2.05, 4.69) is 42.7 Å². The molecule has 0 aliphatic heterocycles. The van der Waals surface area contributed by atoms with E-state index in [1.807, 2.05) is 0 Å². The van der Waals surface area contributed by atoms with Crippen molar-refractivity contribution in [3.63, 3.8) is 0 Å². The van der Waals surface area contributed by atoms with Crippen LogP contribution in [0.4, 0.5) is 15.8 Å². The van der Waals surface area contributed by atoms with E-state index in [0.717, 1.165) is 18.8 Å². The Hall–Kier alpha value is -2.03. The van der Waals surface area contributed by atoms with Crippen molar-refractivity contribution >= 4 is 11.4 Å². The Labute approximate surface area is 113 Å². The molecule has 2 N–H and O–H groups in total. The fraction of sp³-hybridized carbons (Fsp3) is 0.250. The zero-order valence-corrected chi connectivity index (χ0v) is 11.3. The molecule has 19 heavy (non-hydrogen) atoms. The Morgan fingerprint density at radius 3 is 2.05 bits per heavy atom. The molecule has 0 bridgehead atoms. The Balaban J connectivity index is 1.82. The number of hydrogen-bond donors (Lipinski definition) is 2. The first-order valence-electron chi connectivity index (χ1n) is 6.46. The largest absolute Gasteiger partial charge is 0.383 e. The predicted molar refractivity (Wildman–Crippen MR) is 79.3 cm³/mol. The first kappa shape index (κ1) is 13.4. The predicted octanol–water partition coefficient (Wildman–Crippen LogP) is 3.97. The van der Waals surface area contributed by atoms with E-state index in [1.165, 1.54) is 28.9 Å². The van der Waals surface area contributed by atoms with Crippen molar-refractivity contribution in [2.45, 2.75) is 13.8 Å². The lowest BCUT2D eigenvalue weighted by Crippen LogP contribution is -2.14. The fourth-order valence-electron chi connectivity index (χ4n) is 2.06. The van der Waals surface area contributed by atoms with Gasteiger partial charge in [0.2, 0.25) is 0 Å². The summed E-state index contributed by atoms with van der Waals surface area (Å²) in [6, 6.07) is 12.7. The van der Waals surface area contributed by atoms with Gasteiger partial charge in [-0.25, -0.2) is 4.39 Å². The summed E-state index contributed by atoms with van der Waals surface area (Å²) < 4.78 is 12.7. The second-order valence-corrected chi connectivity index (χ2v) is 4.63. The number of anilines is 2.